The Labute approximate surface area is 194 Å². The molecule has 0 radical (unpaired) electrons. The van der Waals surface area contributed by atoms with Gasteiger partial charge in [-0.15, -0.1) is 0 Å². The van der Waals surface area contributed by atoms with E-state index in [0.29, 0.717) is 13.2 Å². The Bertz CT molecular complexity index is 1170. The van der Waals surface area contributed by atoms with Gasteiger partial charge in [0.1, 0.15) is 12.1 Å². The topological polar surface area (TPSA) is 52.3 Å². The van der Waals surface area contributed by atoms with Crippen LogP contribution in [0.3, 0.4) is 0 Å². The number of ether oxygens (including phenoxy) is 1. The standard InChI is InChI=1S/C27H30N4O2/c1-29(20-23-10-4-2-5-11-23)21-24-14-16-25(17-15-24)30-22-28-31(27(30)32)18-8-9-19-33-26-12-6-3-7-13-26/h2-7,10-17,22H,8-9,18-21H2,1H3. The van der Waals surface area contributed by atoms with Crippen LogP contribution in [0.5, 0.6) is 5.75 Å². The molecule has 0 aliphatic carbocycles. The Kier molecular flexibility index (Phi) is 7.72. The van der Waals surface area contributed by atoms with Crippen molar-refractivity contribution < 1.29 is 4.74 Å². The fourth-order valence-corrected chi connectivity index (χ4v) is 3.76. The van der Waals surface area contributed by atoms with Gasteiger partial charge in [0.2, 0.25) is 0 Å². The molecule has 0 aliphatic heterocycles. The summed E-state index contributed by atoms with van der Waals surface area (Å²) in [4.78, 5) is 15.0. The van der Waals surface area contributed by atoms with Crippen LogP contribution >= 0.6 is 0 Å². The SMILES string of the molecule is CN(Cc1ccccc1)Cc1ccc(-n2cnn(CCCCOc3ccccc3)c2=O)cc1. The summed E-state index contributed by atoms with van der Waals surface area (Å²) in [6.45, 7) is 2.94. The fraction of sp³-hybridized carbons (Fsp3) is 0.259. The molecule has 6 heteroatoms. The van der Waals surface area contributed by atoms with Crippen molar-refractivity contribution in [2.75, 3.05) is 13.7 Å². The maximum absolute atomic E-state index is 12.7. The van der Waals surface area contributed by atoms with Gasteiger partial charge in [-0.05, 0) is 55.3 Å². The van der Waals surface area contributed by atoms with E-state index in [9.17, 15) is 4.79 Å². The first kappa shape index (κ1) is 22.6. The molecule has 33 heavy (non-hydrogen) atoms. The molecule has 0 fully saturated rings. The highest BCUT2D eigenvalue weighted by Gasteiger charge is 2.08. The first-order valence-corrected chi connectivity index (χ1v) is 11.3. The van der Waals surface area contributed by atoms with Crippen molar-refractivity contribution in [2.45, 2.75) is 32.5 Å². The molecule has 1 aromatic heterocycles. The highest BCUT2D eigenvalue weighted by atomic mass is 16.5. The molecule has 0 aliphatic rings. The Morgan fingerprint density at radius 3 is 2.15 bits per heavy atom. The largest absolute Gasteiger partial charge is 0.494 e. The van der Waals surface area contributed by atoms with Crippen molar-refractivity contribution in [2.24, 2.45) is 0 Å². The predicted molar refractivity (Wildman–Crippen MR) is 131 cm³/mol. The molecule has 0 bridgehead atoms. The minimum atomic E-state index is -0.118. The highest BCUT2D eigenvalue weighted by Crippen LogP contribution is 2.12. The molecule has 3 aromatic carbocycles. The number of aryl methyl sites for hydroxylation is 1. The van der Waals surface area contributed by atoms with Gasteiger partial charge in [0.05, 0.1) is 12.3 Å². The van der Waals surface area contributed by atoms with Crippen LogP contribution in [0.1, 0.15) is 24.0 Å². The Balaban J connectivity index is 1.27. The summed E-state index contributed by atoms with van der Waals surface area (Å²) in [5.74, 6) is 0.869. The first-order chi connectivity index (χ1) is 16.2. The van der Waals surface area contributed by atoms with E-state index >= 15 is 0 Å². The van der Waals surface area contributed by atoms with Crippen LogP contribution in [0.4, 0.5) is 0 Å². The number of unbranched alkanes of at least 4 members (excludes halogenated alkanes) is 1. The molecule has 1 heterocycles. The van der Waals surface area contributed by atoms with Crippen LogP contribution < -0.4 is 10.4 Å². The van der Waals surface area contributed by atoms with E-state index in [-0.39, 0.29) is 5.69 Å². The van der Waals surface area contributed by atoms with Gasteiger partial charge < -0.3 is 4.74 Å². The molecular formula is C27H30N4O2. The maximum atomic E-state index is 12.7. The Morgan fingerprint density at radius 1 is 0.818 bits per heavy atom. The highest BCUT2D eigenvalue weighted by molar-refractivity contribution is 5.34. The lowest BCUT2D eigenvalue weighted by molar-refractivity contribution is 0.301. The summed E-state index contributed by atoms with van der Waals surface area (Å²) >= 11 is 0. The van der Waals surface area contributed by atoms with Crippen LogP contribution in [0.15, 0.2) is 96.1 Å². The monoisotopic (exact) mass is 442 g/mol. The number of hydrogen-bond donors (Lipinski definition) is 0. The molecule has 0 atom stereocenters. The van der Waals surface area contributed by atoms with Gasteiger partial charge in [-0.1, -0.05) is 60.7 Å². The van der Waals surface area contributed by atoms with Gasteiger partial charge in [0.15, 0.2) is 0 Å². The molecule has 0 spiro atoms. The number of aromatic nitrogens is 3. The van der Waals surface area contributed by atoms with Crippen molar-refractivity contribution >= 4 is 0 Å². The van der Waals surface area contributed by atoms with E-state index in [2.05, 4.69) is 53.4 Å². The van der Waals surface area contributed by atoms with Crippen molar-refractivity contribution in [3.63, 3.8) is 0 Å². The van der Waals surface area contributed by atoms with Crippen molar-refractivity contribution in [3.8, 4) is 11.4 Å². The zero-order valence-corrected chi connectivity index (χ0v) is 19.0. The first-order valence-electron chi connectivity index (χ1n) is 11.3. The van der Waals surface area contributed by atoms with Crippen LogP contribution in [0, 0.1) is 0 Å². The fourth-order valence-electron chi connectivity index (χ4n) is 3.76. The summed E-state index contributed by atoms with van der Waals surface area (Å²) in [5, 5.41) is 4.28. The van der Waals surface area contributed by atoms with E-state index in [1.165, 1.54) is 15.8 Å². The van der Waals surface area contributed by atoms with E-state index in [4.69, 9.17) is 4.74 Å². The lowest BCUT2D eigenvalue weighted by Crippen LogP contribution is -2.24. The summed E-state index contributed by atoms with van der Waals surface area (Å²) in [6, 6.07) is 28.3. The van der Waals surface area contributed by atoms with Crippen LogP contribution in [0.2, 0.25) is 0 Å². The number of nitrogens with zero attached hydrogens (tertiary/aromatic N) is 4. The molecule has 6 nitrogen and oxygen atoms in total. The van der Waals surface area contributed by atoms with Gasteiger partial charge >= 0.3 is 5.69 Å². The summed E-state index contributed by atoms with van der Waals surface area (Å²) in [5.41, 5.74) is 3.21. The number of hydrogen-bond acceptors (Lipinski definition) is 4. The second-order valence-electron chi connectivity index (χ2n) is 8.20. The normalized spacial score (nSPS) is 11.1. The quantitative estimate of drug-likeness (QED) is 0.320. The number of para-hydroxylation sites is 1. The minimum Gasteiger partial charge on any atom is -0.494 e. The zero-order chi connectivity index (χ0) is 22.9. The average molecular weight is 443 g/mol. The molecule has 0 unspecified atom stereocenters. The molecule has 0 amide bonds. The van der Waals surface area contributed by atoms with E-state index in [1.807, 2.05) is 48.5 Å². The van der Waals surface area contributed by atoms with Gasteiger partial charge in [0.25, 0.3) is 0 Å². The summed E-state index contributed by atoms with van der Waals surface area (Å²) in [6.07, 6.45) is 3.29. The number of rotatable bonds is 11. The van der Waals surface area contributed by atoms with Crippen molar-refractivity contribution in [1.82, 2.24) is 19.2 Å². The third kappa shape index (κ3) is 6.43. The Morgan fingerprint density at radius 2 is 1.45 bits per heavy atom. The van der Waals surface area contributed by atoms with E-state index in [0.717, 1.165) is 37.4 Å². The zero-order valence-electron chi connectivity index (χ0n) is 19.0. The lowest BCUT2D eigenvalue weighted by atomic mass is 10.1. The Hall–Kier alpha value is -3.64. The maximum Gasteiger partial charge on any atom is 0.350 e. The molecule has 170 valence electrons. The summed E-state index contributed by atoms with van der Waals surface area (Å²) < 4.78 is 8.82. The van der Waals surface area contributed by atoms with Crippen LogP contribution in [0.25, 0.3) is 5.69 Å². The van der Waals surface area contributed by atoms with E-state index < -0.39 is 0 Å². The third-order valence-corrected chi connectivity index (χ3v) is 5.47. The minimum absolute atomic E-state index is 0.118. The molecule has 0 saturated carbocycles. The number of benzene rings is 3. The molecular weight excluding hydrogens is 412 g/mol. The predicted octanol–water partition coefficient (Wildman–Crippen LogP) is 4.53. The molecule has 0 saturated heterocycles. The van der Waals surface area contributed by atoms with Gasteiger partial charge in [0, 0.05) is 19.6 Å². The third-order valence-electron chi connectivity index (χ3n) is 5.47. The van der Waals surface area contributed by atoms with Gasteiger partial charge in [-0.25, -0.2) is 14.0 Å². The molecule has 4 aromatic rings. The van der Waals surface area contributed by atoms with Crippen LogP contribution in [-0.4, -0.2) is 32.9 Å². The average Bonchev–Trinajstić information content (AvgIpc) is 3.21. The van der Waals surface area contributed by atoms with E-state index in [1.54, 1.807) is 10.9 Å². The molecule has 0 N–H and O–H groups in total. The molecule has 4 rings (SSSR count). The summed E-state index contributed by atoms with van der Waals surface area (Å²) in [7, 11) is 2.11. The smallest absolute Gasteiger partial charge is 0.350 e. The van der Waals surface area contributed by atoms with Crippen molar-refractivity contribution in [3.05, 3.63) is 113 Å². The lowest BCUT2D eigenvalue weighted by Gasteiger charge is -2.17. The van der Waals surface area contributed by atoms with Crippen molar-refractivity contribution in [1.29, 1.82) is 0 Å². The van der Waals surface area contributed by atoms with Crippen LogP contribution in [-0.2, 0) is 19.6 Å². The second-order valence-corrected chi connectivity index (χ2v) is 8.20. The second kappa shape index (κ2) is 11.3. The van der Waals surface area contributed by atoms with Gasteiger partial charge in [-0.3, -0.25) is 4.90 Å². The van der Waals surface area contributed by atoms with Gasteiger partial charge in [-0.2, -0.15) is 5.10 Å².